The average Bonchev–Trinajstić information content (AvgIpc) is 3.14. The zero-order valence-electron chi connectivity index (χ0n) is 20.0. The van der Waals surface area contributed by atoms with Gasteiger partial charge in [-0.1, -0.05) is 90.1 Å². The van der Waals surface area contributed by atoms with Gasteiger partial charge in [-0.05, 0) is 58.7 Å². The molecule has 0 amide bonds. The Labute approximate surface area is 192 Å². The molecule has 3 heteroatoms. The van der Waals surface area contributed by atoms with Crippen LogP contribution >= 0.6 is 11.3 Å². The molecule has 3 aromatic rings. The molecule has 0 aliphatic carbocycles. The van der Waals surface area contributed by atoms with Crippen molar-refractivity contribution in [2.45, 2.75) is 65.3 Å². The lowest BCUT2D eigenvalue weighted by Gasteiger charge is -2.20. The minimum absolute atomic E-state index is 0.164. The van der Waals surface area contributed by atoms with Crippen molar-refractivity contribution in [2.75, 3.05) is 13.1 Å². The van der Waals surface area contributed by atoms with Gasteiger partial charge in [-0.3, -0.25) is 0 Å². The van der Waals surface area contributed by atoms with Gasteiger partial charge in [0.05, 0.1) is 0 Å². The van der Waals surface area contributed by atoms with E-state index in [9.17, 15) is 0 Å². The second-order valence-electron chi connectivity index (χ2n) is 10.4. The van der Waals surface area contributed by atoms with Crippen molar-refractivity contribution in [1.82, 2.24) is 5.32 Å². The van der Waals surface area contributed by atoms with Gasteiger partial charge in [0.1, 0.15) is 0 Å². The maximum absolute atomic E-state index is 5.64. The van der Waals surface area contributed by atoms with Crippen LogP contribution in [-0.2, 0) is 17.4 Å². The number of benzene rings is 2. The summed E-state index contributed by atoms with van der Waals surface area (Å²) in [5, 5.41) is 3.53. The molecule has 31 heavy (non-hydrogen) atoms. The molecule has 0 saturated carbocycles. The summed E-state index contributed by atoms with van der Waals surface area (Å²) in [7, 11) is 0. The van der Waals surface area contributed by atoms with Crippen LogP contribution in [0.4, 0.5) is 0 Å². The van der Waals surface area contributed by atoms with Crippen LogP contribution in [0.3, 0.4) is 0 Å². The smallest absolute Gasteiger partial charge is 0.0424 e. The first-order valence-electron chi connectivity index (χ1n) is 11.3. The molecule has 0 atom stereocenters. The molecule has 0 aliphatic heterocycles. The molecule has 0 radical (unpaired) electrons. The lowest BCUT2D eigenvalue weighted by molar-refractivity contribution is 0.590. The number of nitrogens with two attached hydrogens (primary N) is 1. The third-order valence-corrected chi connectivity index (χ3v) is 6.90. The van der Waals surface area contributed by atoms with E-state index in [-0.39, 0.29) is 10.8 Å². The molecule has 0 saturated heterocycles. The highest BCUT2D eigenvalue weighted by Gasteiger charge is 2.18. The Morgan fingerprint density at radius 2 is 1.29 bits per heavy atom. The van der Waals surface area contributed by atoms with E-state index in [2.05, 4.69) is 101 Å². The van der Waals surface area contributed by atoms with Crippen molar-refractivity contribution >= 4 is 11.3 Å². The Hall–Kier alpha value is -1.94. The first-order chi connectivity index (χ1) is 14.6. The van der Waals surface area contributed by atoms with Gasteiger partial charge in [0.15, 0.2) is 0 Å². The molecule has 166 valence electrons. The molecule has 0 unspecified atom stereocenters. The van der Waals surface area contributed by atoms with Gasteiger partial charge in [0.2, 0.25) is 0 Å². The monoisotopic (exact) mass is 434 g/mol. The topological polar surface area (TPSA) is 38.0 Å². The van der Waals surface area contributed by atoms with Crippen molar-refractivity contribution in [3.8, 4) is 21.6 Å². The zero-order chi connectivity index (χ0) is 22.6. The maximum Gasteiger partial charge on any atom is 0.0424 e. The van der Waals surface area contributed by atoms with E-state index < -0.39 is 0 Å². The number of hydrogen-bond donors (Lipinski definition) is 2. The lowest BCUT2D eigenvalue weighted by atomic mass is 9.85. The van der Waals surface area contributed by atoms with E-state index in [1.807, 2.05) is 11.3 Å². The fraction of sp³-hybridized carbons (Fsp3) is 0.429. The van der Waals surface area contributed by atoms with E-state index in [1.165, 1.54) is 37.6 Å². The molecule has 1 aromatic heterocycles. The first-order valence-corrected chi connectivity index (χ1v) is 12.2. The average molecular weight is 435 g/mol. The van der Waals surface area contributed by atoms with Crippen LogP contribution in [0.15, 0.2) is 54.6 Å². The Morgan fingerprint density at radius 1 is 0.774 bits per heavy atom. The second kappa shape index (κ2) is 9.68. The highest BCUT2D eigenvalue weighted by molar-refractivity contribution is 7.16. The van der Waals surface area contributed by atoms with Crippen LogP contribution in [0.2, 0.25) is 0 Å². The Balaban J connectivity index is 1.97. The van der Waals surface area contributed by atoms with Gasteiger partial charge in [-0.2, -0.15) is 0 Å². The van der Waals surface area contributed by atoms with Crippen LogP contribution in [0.5, 0.6) is 0 Å². The van der Waals surface area contributed by atoms with E-state index in [1.54, 1.807) is 0 Å². The van der Waals surface area contributed by atoms with Gasteiger partial charge in [0, 0.05) is 21.9 Å². The Morgan fingerprint density at radius 3 is 1.77 bits per heavy atom. The summed E-state index contributed by atoms with van der Waals surface area (Å²) in [4.78, 5) is 2.71. The normalized spacial score (nSPS) is 12.4. The molecule has 3 N–H and O–H groups in total. The fourth-order valence-electron chi connectivity index (χ4n) is 3.67. The quantitative estimate of drug-likeness (QED) is 0.389. The molecular formula is C28H38N2S. The fourth-order valence-corrected chi connectivity index (χ4v) is 4.82. The standard InChI is InChI=1S/C28H38N2S/c1-27(2,3)22-12-8-20(9-13-22)25-18-24(19-30-17-7-16-29)31-26(25)21-10-14-23(15-11-21)28(4,5)6/h8-15,18,30H,7,16-17,19,29H2,1-6H3. The van der Waals surface area contributed by atoms with E-state index in [0.717, 1.165) is 26.1 Å². The summed E-state index contributed by atoms with van der Waals surface area (Å²) in [6, 6.07) is 20.6. The van der Waals surface area contributed by atoms with Gasteiger partial charge in [-0.25, -0.2) is 0 Å². The van der Waals surface area contributed by atoms with Gasteiger partial charge in [0.25, 0.3) is 0 Å². The molecule has 0 spiro atoms. The van der Waals surface area contributed by atoms with Crippen molar-refractivity contribution in [2.24, 2.45) is 5.73 Å². The summed E-state index contributed by atoms with van der Waals surface area (Å²) in [6.45, 7) is 16.2. The summed E-state index contributed by atoms with van der Waals surface area (Å²) in [6.07, 6.45) is 1.01. The number of rotatable bonds is 7. The zero-order valence-corrected chi connectivity index (χ0v) is 20.8. The molecular weight excluding hydrogens is 396 g/mol. The van der Waals surface area contributed by atoms with E-state index in [0.29, 0.717) is 0 Å². The SMILES string of the molecule is CC(C)(C)c1ccc(-c2cc(CNCCCN)sc2-c2ccc(C(C)(C)C)cc2)cc1. The first kappa shape index (κ1) is 23.7. The van der Waals surface area contributed by atoms with Crippen molar-refractivity contribution in [3.05, 3.63) is 70.6 Å². The largest absolute Gasteiger partial charge is 0.330 e. The number of thiophene rings is 1. The highest BCUT2D eigenvalue weighted by Crippen LogP contribution is 2.40. The summed E-state index contributed by atoms with van der Waals surface area (Å²) in [5.74, 6) is 0. The van der Waals surface area contributed by atoms with E-state index >= 15 is 0 Å². The van der Waals surface area contributed by atoms with Crippen LogP contribution < -0.4 is 11.1 Å². The Kier molecular flexibility index (Phi) is 7.41. The second-order valence-corrected chi connectivity index (χ2v) is 11.6. The highest BCUT2D eigenvalue weighted by atomic mass is 32.1. The molecule has 0 bridgehead atoms. The summed E-state index contributed by atoms with van der Waals surface area (Å²) < 4.78 is 0. The molecule has 0 aliphatic rings. The van der Waals surface area contributed by atoms with E-state index in [4.69, 9.17) is 5.73 Å². The molecule has 0 fully saturated rings. The van der Waals surface area contributed by atoms with Crippen molar-refractivity contribution in [1.29, 1.82) is 0 Å². The number of nitrogens with one attached hydrogen (secondary N) is 1. The minimum atomic E-state index is 0.164. The molecule has 3 rings (SSSR count). The summed E-state index contributed by atoms with van der Waals surface area (Å²) >= 11 is 1.89. The van der Waals surface area contributed by atoms with Crippen molar-refractivity contribution < 1.29 is 0 Å². The van der Waals surface area contributed by atoms with Crippen LogP contribution in [-0.4, -0.2) is 13.1 Å². The molecule has 2 nitrogen and oxygen atoms in total. The van der Waals surface area contributed by atoms with Gasteiger partial charge >= 0.3 is 0 Å². The third kappa shape index (κ3) is 6.06. The molecule has 1 heterocycles. The number of hydrogen-bond acceptors (Lipinski definition) is 3. The van der Waals surface area contributed by atoms with Gasteiger partial charge in [-0.15, -0.1) is 11.3 Å². The maximum atomic E-state index is 5.64. The van der Waals surface area contributed by atoms with Crippen LogP contribution in [0.25, 0.3) is 21.6 Å². The Bertz CT molecular complexity index is 893. The van der Waals surface area contributed by atoms with Gasteiger partial charge < -0.3 is 11.1 Å². The predicted octanol–water partition coefficient (Wildman–Crippen LogP) is 7.12. The lowest BCUT2D eigenvalue weighted by Crippen LogP contribution is -2.17. The third-order valence-electron chi connectivity index (χ3n) is 5.72. The summed E-state index contributed by atoms with van der Waals surface area (Å²) in [5.41, 5.74) is 12.6. The minimum Gasteiger partial charge on any atom is -0.330 e. The molecule has 2 aromatic carbocycles. The predicted molar refractivity (Wildman–Crippen MR) is 138 cm³/mol. The van der Waals surface area contributed by atoms with Crippen molar-refractivity contribution in [3.63, 3.8) is 0 Å². The van der Waals surface area contributed by atoms with Crippen LogP contribution in [0, 0.1) is 0 Å². The van der Waals surface area contributed by atoms with Crippen LogP contribution in [0.1, 0.15) is 64.0 Å².